The minimum absolute atomic E-state index is 0.162. The summed E-state index contributed by atoms with van der Waals surface area (Å²) in [7, 11) is -3.65. The largest absolute Gasteiger partial charge is 0.288 e. The molecule has 0 aliphatic carbocycles. The van der Waals surface area contributed by atoms with Crippen LogP contribution in [0.3, 0.4) is 0 Å². The Hall–Kier alpha value is -3.57. The number of carbonyl (C=O) groups excluding carboxylic acids is 1. The average molecular weight is 629 g/mol. The normalized spacial score (nSPS) is 17.7. The lowest BCUT2D eigenvalue weighted by atomic mass is 10.0. The summed E-state index contributed by atoms with van der Waals surface area (Å²) in [5, 5.41) is 4.87. The Kier molecular flexibility index (Phi) is 8.37. The van der Waals surface area contributed by atoms with Gasteiger partial charge < -0.3 is 0 Å². The molecule has 1 amide bonds. The summed E-state index contributed by atoms with van der Waals surface area (Å²) in [6.07, 6.45) is 5.38. The summed E-state index contributed by atoms with van der Waals surface area (Å²) in [5.74, 6) is 0.358. The topological polar surface area (TPSA) is 75.5 Å². The summed E-state index contributed by atoms with van der Waals surface area (Å²) in [5.41, 5.74) is 4.93. The van der Waals surface area contributed by atoms with Crippen molar-refractivity contribution in [3.05, 3.63) is 107 Å². The molecule has 7 nitrogen and oxygen atoms in total. The number of thioether (sulfide) groups is 1. The van der Waals surface area contributed by atoms with Gasteiger partial charge in [-0.1, -0.05) is 91.1 Å². The smallest absolute Gasteiger partial charge is 0.266 e. The summed E-state index contributed by atoms with van der Waals surface area (Å²) in [6, 6.07) is 24.7. The molecule has 0 spiro atoms. The molecular formula is C33H32N4O3S3. The zero-order valence-corrected chi connectivity index (χ0v) is 26.5. The minimum Gasteiger partial charge on any atom is -0.288 e. The fourth-order valence-corrected chi connectivity index (χ4v) is 8.02. The van der Waals surface area contributed by atoms with Gasteiger partial charge in [0.2, 0.25) is 10.0 Å². The molecule has 2 aliphatic rings. The van der Waals surface area contributed by atoms with Crippen molar-refractivity contribution in [2.45, 2.75) is 38.1 Å². The molecule has 220 valence electrons. The second-order valence-electron chi connectivity index (χ2n) is 11.1. The van der Waals surface area contributed by atoms with Crippen LogP contribution in [0.5, 0.6) is 0 Å². The molecule has 0 bridgehead atoms. The second-order valence-corrected chi connectivity index (χ2v) is 14.7. The van der Waals surface area contributed by atoms with E-state index in [0.717, 1.165) is 29.7 Å². The standard InChI is InChI=1S/C33H32N4O3S3/c1-23-11-13-25(14-12-23)21-36-32(38)30(42-33(36)41)20-27-22-37(28-8-4-3-5-9-28)34-31(27)26-7-6-10-29(19-26)43(39,40)35-17-15-24(2)16-18-35/h3-14,19-20,22,24H,15-18,21H2,1-2H3/b30-20-. The van der Waals surface area contributed by atoms with Crippen LogP contribution in [0.2, 0.25) is 0 Å². The first-order valence-corrected chi connectivity index (χ1v) is 16.9. The maximum absolute atomic E-state index is 13.6. The number of hydrogen-bond acceptors (Lipinski definition) is 6. The van der Waals surface area contributed by atoms with Crippen LogP contribution in [-0.4, -0.2) is 50.7 Å². The van der Waals surface area contributed by atoms with Gasteiger partial charge in [-0.05, 0) is 61.6 Å². The summed E-state index contributed by atoms with van der Waals surface area (Å²) < 4.78 is 31.0. The number of rotatable bonds is 7. The van der Waals surface area contributed by atoms with Crippen LogP contribution in [0.15, 0.2) is 94.9 Å². The van der Waals surface area contributed by atoms with Gasteiger partial charge in [-0.15, -0.1) is 0 Å². The van der Waals surface area contributed by atoms with E-state index in [1.54, 1.807) is 32.1 Å². The van der Waals surface area contributed by atoms with E-state index >= 15 is 0 Å². The minimum atomic E-state index is -3.65. The number of aromatic nitrogens is 2. The van der Waals surface area contributed by atoms with Gasteiger partial charge in [-0.2, -0.15) is 9.40 Å². The van der Waals surface area contributed by atoms with E-state index in [2.05, 4.69) is 6.92 Å². The van der Waals surface area contributed by atoms with E-state index in [-0.39, 0.29) is 10.8 Å². The number of sulfonamides is 1. The van der Waals surface area contributed by atoms with E-state index in [4.69, 9.17) is 17.3 Å². The first kappa shape index (κ1) is 29.5. The highest BCUT2D eigenvalue weighted by atomic mass is 32.2. The Bertz CT molecular complexity index is 1810. The highest BCUT2D eigenvalue weighted by molar-refractivity contribution is 8.26. The van der Waals surface area contributed by atoms with Gasteiger partial charge in [-0.25, -0.2) is 13.1 Å². The van der Waals surface area contributed by atoms with E-state index in [1.165, 1.54) is 11.8 Å². The first-order chi connectivity index (χ1) is 20.7. The molecule has 0 saturated carbocycles. The van der Waals surface area contributed by atoms with E-state index in [1.807, 2.05) is 79.9 Å². The molecule has 2 fully saturated rings. The Labute approximate surface area is 262 Å². The van der Waals surface area contributed by atoms with Gasteiger partial charge in [0.25, 0.3) is 5.91 Å². The number of para-hydroxylation sites is 1. The Morgan fingerprint density at radius 1 is 1.00 bits per heavy atom. The van der Waals surface area contributed by atoms with Crippen molar-refractivity contribution in [2.75, 3.05) is 13.1 Å². The number of nitrogens with zero attached hydrogens (tertiary/aromatic N) is 4. The highest BCUT2D eigenvalue weighted by Gasteiger charge is 2.33. The van der Waals surface area contributed by atoms with Crippen molar-refractivity contribution in [2.24, 2.45) is 5.92 Å². The van der Waals surface area contributed by atoms with Crippen molar-refractivity contribution in [1.29, 1.82) is 0 Å². The fraction of sp³-hybridized carbons (Fsp3) is 0.242. The van der Waals surface area contributed by atoms with E-state index in [0.29, 0.717) is 51.6 Å². The average Bonchev–Trinajstić information content (AvgIpc) is 3.55. The molecule has 10 heteroatoms. The Morgan fingerprint density at radius 3 is 2.44 bits per heavy atom. The van der Waals surface area contributed by atoms with Crippen LogP contribution in [0, 0.1) is 12.8 Å². The lowest BCUT2D eigenvalue weighted by molar-refractivity contribution is -0.122. The van der Waals surface area contributed by atoms with Crippen LogP contribution in [0.25, 0.3) is 23.0 Å². The van der Waals surface area contributed by atoms with Crippen molar-refractivity contribution < 1.29 is 13.2 Å². The zero-order valence-electron chi connectivity index (χ0n) is 24.0. The predicted molar refractivity (Wildman–Crippen MR) is 176 cm³/mol. The monoisotopic (exact) mass is 628 g/mol. The number of aryl methyl sites for hydroxylation is 1. The molecule has 2 saturated heterocycles. The molecule has 0 N–H and O–H groups in total. The lowest BCUT2D eigenvalue weighted by Crippen LogP contribution is -2.37. The van der Waals surface area contributed by atoms with Crippen molar-refractivity contribution in [1.82, 2.24) is 19.0 Å². The SMILES string of the molecule is Cc1ccc(CN2C(=O)/C(=C/c3cn(-c4ccccc4)nc3-c3cccc(S(=O)(=O)N4CCC(C)CC4)c3)SC2=S)cc1. The van der Waals surface area contributed by atoms with E-state index < -0.39 is 10.0 Å². The van der Waals surface area contributed by atoms with Gasteiger partial charge in [0.1, 0.15) is 10.0 Å². The third-order valence-corrected chi connectivity index (χ3v) is 11.1. The molecule has 3 aromatic carbocycles. The Balaban J connectivity index is 1.37. The van der Waals surface area contributed by atoms with Gasteiger partial charge >= 0.3 is 0 Å². The number of piperidine rings is 1. The molecule has 43 heavy (non-hydrogen) atoms. The molecular weight excluding hydrogens is 597 g/mol. The van der Waals surface area contributed by atoms with Crippen LogP contribution in [-0.2, 0) is 21.4 Å². The quantitative estimate of drug-likeness (QED) is 0.168. The number of hydrogen-bond donors (Lipinski definition) is 0. The van der Waals surface area contributed by atoms with Gasteiger partial charge in [0.05, 0.1) is 22.0 Å². The van der Waals surface area contributed by atoms with Gasteiger partial charge in [-0.3, -0.25) is 9.69 Å². The van der Waals surface area contributed by atoms with Gasteiger partial charge in [0.15, 0.2) is 0 Å². The molecule has 6 rings (SSSR count). The number of carbonyl (C=O) groups is 1. The Morgan fingerprint density at radius 2 is 1.72 bits per heavy atom. The van der Waals surface area contributed by atoms with Crippen molar-refractivity contribution in [3.63, 3.8) is 0 Å². The zero-order chi connectivity index (χ0) is 30.1. The molecule has 2 aliphatic heterocycles. The highest BCUT2D eigenvalue weighted by Crippen LogP contribution is 2.36. The summed E-state index contributed by atoms with van der Waals surface area (Å²) >= 11 is 6.87. The molecule has 1 aromatic heterocycles. The van der Waals surface area contributed by atoms with Crippen molar-refractivity contribution in [3.8, 4) is 16.9 Å². The number of thiocarbonyl (C=S) groups is 1. The first-order valence-electron chi connectivity index (χ1n) is 14.3. The predicted octanol–water partition coefficient (Wildman–Crippen LogP) is 6.67. The maximum Gasteiger partial charge on any atom is 0.266 e. The maximum atomic E-state index is 13.6. The van der Waals surface area contributed by atoms with Crippen LogP contribution in [0.1, 0.15) is 36.5 Å². The molecule has 0 radical (unpaired) electrons. The van der Waals surface area contributed by atoms with Crippen LogP contribution < -0.4 is 0 Å². The third kappa shape index (κ3) is 6.24. The number of benzene rings is 3. The summed E-state index contributed by atoms with van der Waals surface area (Å²) in [4.78, 5) is 15.9. The molecule has 4 aromatic rings. The number of amides is 1. The van der Waals surface area contributed by atoms with Gasteiger partial charge in [0, 0.05) is 30.4 Å². The van der Waals surface area contributed by atoms with E-state index in [9.17, 15) is 13.2 Å². The molecule has 0 atom stereocenters. The van der Waals surface area contributed by atoms with Crippen molar-refractivity contribution >= 4 is 50.3 Å². The lowest BCUT2D eigenvalue weighted by Gasteiger charge is -2.29. The molecule has 3 heterocycles. The van der Waals surface area contributed by atoms with Crippen LogP contribution >= 0.6 is 24.0 Å². The second kappa shape index (κ2) is 12.2. The summed E-state index contributed by atoms with van der Waals surface area (Å²) in [6.45, 7) is 5.62. The fourth-order valence-electron chi connectivity index (χ4n) is 5.26. The third-order valence-electron chi connectivity index (χ3n) is 7.87. The van der Waals surface area contributed by atoms with Crippen LogP contribution in [0.4, 0.5) is 0 Å². The molecule has 0 unspecified atom stereocenters.